The second-order valence-corrected chi connectivity index (χ2v) is 5.78. The van der Waals surface area contributed by atoms with E-state index >= 15 is 0 Å². The molecule has 0 heterocycles. The molecule has 1 atom stereocenters. The van der Waals surface area contributed by atoms with Crippen molar-refractivity contribution in [2.45, 2.75) is 20.0 Å². The molecular formula is C17H18BrNO2. The van der Waals surface area contributed by atoms with E-state index in [9.17, 15) is 4.79 Å². The molecule has 0 radical (unpaired) electrons. The molecule has 2 rings (SSSR count). The number of benzene rings is 2. The molecule has 0 aliphatic heterocycles. The van der Waals surface area contributed by atoms with Gasteiger partial charge in [-0.1, -0.05) is 24.3 Å². The number of amides is 1. The van der Waals surface area contributed by atoms with E-state index in [1.807, 2.05) is 55.5 Å². The molecule has 110 valence electrons. The SMILES string of the molecule is Cc1ccc(OC(C)C(=O)N(C)c2ccccc2)c(Br)c1. The molecule has 0 spiro atoms. The summed E-state index contributed by atoms with van der Waals surface area (Å²) < 4.78 is 6.62. The summed E-state index contributed by atoms with van der Waals surface area (Å²) >= 11 is 3.46. The van der Waals surface area contributed by atoms with Gasteiger partial charge in [-0.05, 0) is 59.6 Å². The number of aryl methyl sites for hydroxylation is 1. The van der Waals surface area contributed by atoms with E-state index in [1.165, 1.54) is 0 Å². The lowest BCUT2D eigenvalue weighted by atomic mass is 10.2. The highest BCUT2D eigenvalue weighted by molar-refractivity contribution is 9.10. The van der Waals surface area contributed by atoms with Crippen LogP contribution < -0.4 is 9.64 Å². The van der Waals surface area contributed by atoms with Crippen LogP contribution in [0.15, 0.2) is 53.0 Å². The fourth-order valence-corrected chi connectivity index (χ4v) is 2.58. The van der Waals surface area contributed by atoms with Crippen LogP contribution >= 0.6 is 15.9 Å². The first-order chi connectivity index (χ1) is 9.99. The summed E-state index contributed by atoms with van der Waals surface area (Å²) in [5, 5.41) is 0. The second kappa shape index (κ2) is 6.76. The van der Waals surface area contributed by atoms with Crippen LogP contribution in [-0.4, -0.2) is 19.1 Å². The smallest absolute Gasteiger partial charge is 0.267 e. The molecular weight excluding hydrogens is 330 g/mol. The Hall–Kier alpha value is -1.81. The van der Waals surface area contributed by atoms with E-state index in [0.29, 0.717) is 5.75 Å². The lowest BCUT2D eigenvalue weighted by molar-refractivity contribution is -0.124. The quantitative estimate of drug-likeness (QED) is 0.829. The van der Waals surface area contributed by atoms with Crippen molar-refractivity contribution in [1.82, 2.24) is 0 Å². The summed E-state index contributed by atoms with van der Waals surface area (Å²) in [6.45, 7) is 3.76. The van der Waals surface area contributed by atoms with Gasteiger partial charge >= 0.3 is 0 Å². The van der Waals surface area contributed by atoms with Crippen LogP contribution in [0.3, 0.4) is 0 Å². The number of rotatable bonds is 4. The van der Waals surface area contributed by atoms with Gasteiger partial charge in [-0.15, -0.1) is 0 Å². The number of carbonyl (C=O) groups is 1. The van der Waals surface area contributed by atoms with Crippen molar-refractivity contribution in [3.63, 3.8) is 0 Å². The van der Waals surface area contributed by atoms with Crippen molar-refractivity contribution >= 4 is 27.5 Å². The van der Waals surface area contributed by atoms with Gasteiger partial charge in [0.15, 0.2) is 6.10 Å². The Bertz CT molecular complexity index is 628. The van der Waals surface area contributed by atoms with Crippen LogP contribution in [0.4, 0.5) is 5.69 Å². The molecule has 0 aromatic heterocycles. The highest BCUT2D eigenvalue weighted by atomic mass is 79.9. The maximum Gasteiger partial charge on any atom is 0.267 e. The predicted molar refractivity (Wildman–Crippen MR) is 88.8 cm³/mol. The summed E-state index contributed by atoms with van der Waals surface area (Å²) in [7, 11) is 1.75. The Labute approximate surface area is 133 Å². The Balaban J connectivity index is 2.09. The number of hydrogen-bond acceptors (Lipinski definition) is 2. The zero-order valence-corrected chi connectivity index (χ0v) is 13.9. The molecule has 2 aromatic rings. The van der Waals surface area contributed by atoms with Gasteiger partial charge in [-0.25, -0.2) is 0 Å². The fourth-order valence-electron chi connectivity index (χ4n) is 1.99. The standard InChI is InChI=1S/C17H18BrNO2/c1-12-9-10-16(15(18)11-12)21-13(2)17(20)19(3)14-7-5-4-6-8-14/h4-11,13H,1-3H3. The molecule has 4 heteroatoms. The van der Waals surface area contributed by atoms with E-state index in [4.69, 9.17) is 4.74 Å². The number of hydrogen-bond donors (Lipinski definition) is 0. The molecule has 21 heavy (non-hydrogen) atoms. The average molecular weight is 348 g/mol. The van der Waals surface area contributed by atoms with E-state index in [0.717, 1.165) is 15.7 Å². The zero-order chi connectivity index (χ0) is 15.4. The molecule has 3 nitrogen and oxygen atoms in total. The summed E-state index contributed by atoms with van der Waals surface area (Å²) in [6.07, 6.45) is -0.561. The van der Waals surface area contributed by atoms with Crippen LogP contribution in [0.5, 0.6) is 5.75 Å². The first-order valence-corrected chi connectivity index (χ1v) is 7.54. The highest BCUT2D eigenvalue weighted by Crippen LogP contribution is 2.27. The Morgan fingerprint density at radius 3 is 2.48 bits per heavy atom. The van der Waals surface area contributed by atoms with Gasteiger partial charge in [0.1, 0.15) is 5.75 Å². The summed E-state index contributed by atoms with van der Waals surface area (Å²) in [4.78, 5) is 14.0. The van der Waals surface area contributed by atoms with Crippen molar-refractivity contribution < 1.29 is 9.53 Å². The van der Waals surface area contributed by atoms with E-state index in [2.05, 4.69) is 15.9 Å². The molecule has 0 saturated heterocycles. The first kappa shape index (κ1) is 15.6. The molecule has 0 fully saturated rings. The van der Waals surface area contributed by atoms with Crippen LogP contribution in [-0.2, 0) is 4.79 Å². The van der Waals surface area contributed by atoms with Crippen LogP contribution in [0.2, 0.25) is 0 Å². The van der Waals surface area contributed by atoms with Crippen molar-refractivity contribution in [3.8, 4) is 5.75 Å². The maximum atomic E-state index is 12.4. The molecule has 0 saturated carbocycles. The lowest BCUT2D eigenvalue weighted by Gasteiger charge is -2.22. The van der Waals surface area contributed by atoms with E-state index < -0.39 is 6.10 Å². The van der Waals surface area contributed by atoms with Crippen LogP contribution in [0, 0.1) is 6.92 Å². The van der Waals surface area contributed by atoms with Gasteiger partial charge in [0, 0.05) is 12.7 Å². The van der Waals surface area contributed by atoms with Gasteiger partial charge < -0.3 is 9.64 Å². The topological polar surface area (TPSA) is 29.5 Å². The number of para-hydroxylation sites is 1. The first-order valence-electron chi connectivity index (χ1n) is 6.74. The Kier molecular flexibility index (Phi) is 5.02. The van der Waals surface area contributed by atoms with Gasteiger partial charge in [-0.3, -0.25) is 4.79 Å². The number of likely N-dealkylation sites (N-methyl/N-ethyl adjacent to an activating group) is 1. The molecule has 1 unspecified atom stereocenters. The minimum absolute atomic E-state index is 0.0892. The molecule has 1 amide bonds. The van der Waals surface area contributed by atoms with Gasteiger partial charge in [0.25, 0.3) is 5.91 Å². The van der Waals surface area contributed by atoms with Gasteiger partial charge in [0.05, 0.1) is 4.47 Å². The van der Waals surface area contributed by atoms with Gasteiger partial charge in [-0.2, -0.15) is 0 Å². The van der Waals surface area contributed by atoms with Crippen molar-refractivity contribution in [3.05, 3.63) is 58.6 Å². The predicted octanol–water partition coefficient (Wildman–Crippen LogP) is 4.19. The number of anilines is 1. The highest BCUT2D eigenvalue weighted by Gasteiger charge is 2.21. The summed E-state index contributed by atoms with van der Waals surface area (Å²) in [5.74, 6) is 0.580. The molecule has 0 aliphatic rings. The lowest BCUT2D eigenvalue weighted by Crippen LogP contribution is -2.38. The van der Waals surface area contributed by atoms with Crippen molar-refractivity contribution in [1.29, 1.82) is 0 Å². The van der Waals surface area contributed by atoms with Crippen molar-refractivity contribution in [2.75, 3.05) is 11.9 Å². The molecule has 0 aliphatic carbocycles. The molecule has 2 aromatic carbocycles. The minimum Gasteiger partial charge on any atom is -0.480 e. The number of carbonyl (C=O) groups excluding carboxylic acids is 1. The van der Waals surface area contributed by atoms with E-state index in [-0.39, 0.29) is 5.91 Å². The monoisotopic (exact) mass is 347 g/mol. The third-order valence-electron chi connectivity index (χ3n) is 3.21. The van der Waals surface area contributed by atoms with E-state index in [1.54, 1.807) is 18.9 Å². The number of halogens is 1. The van der Waals surface area contributed by atoms with Gasteiger partial charge in [0.2, 0.25) is 0 Å². The molecule has 0 bridgehead atoms. The molecule has 0 N–H and O–H groups in total. The third kappa shape index (κ3) is 3.85. The van der Waals surface area contributed by atoms with Crippen molar-refractivity contribution in [2.24, 2.45) is 0 Å². The zero-order valence-electron chi connectivity index (χ0n) is 12.3. The normalized spacial score (nSPS) is 11.8. The maximum absolute atomic E-state index is 12.4. The Morgan fingerprint density at radius 1 is 1.19 bits per heavy atom. The summed E-state index contributed by atoms with van der Waals surface area (Å²) in [5.41, 5.74) is 1.98. The largest absolute Gasteiger partial charge is 0.480 e. The second-order valence-electron chi connectivity index (χ2n) is 4.93. The number of nitrogens with zero attached hydrogens (tertiary/aromatic N) is 1. The Morgan fingerprint density at radius 2 is 1.86 bits per heavy atom. The van der Waals surface area contributed by atoms with Crippen LogP contribution in [0.25, 0.3) is 0 Å². The average Bonchev–Trinajstić information content (AvgIpc) is 2.49. The third-order valence-corrected chi connectivity index (χ3v) is 3.83. The van der Waals surface area contributed by atoms with Crippen LogP contribution in [0.1, 0.15) is 12.5 Å². The number of ether oxygens (including phenoxy) is 1. The summed E-state index contributed by atoms with van der Waals surface area (Å²) in [6, 6.07) is 15.3. The minimum atomic E-state index is -0.561. The fraction of sp³-hybridized carbons (Fsp3) is 0.235.